The van der Waals surface area contributed by atoms with Crippen molar-refractivity contribution in [1.82, 2.24) is 0 Å². The molecule has 0 aliphatic rings. The summed E-state index contributed by atoms with van der Waals surface area (Å²) in [5.41, 5.74) is 1.32. The number of halogens is 2. The van der Waals surface area contributed by atoms with Gasteiger partial charge in [0.1, 0.15) is 0 Å². The largest absolute Gasteiger partial charge is 0.270 e. The first-order valence-electron chi connectivity index (χ1n) is 4.61. The lowest BCUT2D eigenvalue weighted by Crippen LogP contribution is -2.06. The molecule has 3 heteroatoms. The molecule has 0 heterocycles. The van der Waals surface area contributed by atoms with Gasteiger partial charge in [0, 0.05) is 18.7 Å². The molecule has 0 amide bonds. The molecule has 80 valence electrons. The van der Waals surface area contributed by atoms with Crippen LogP contribution in [0.2, 0.25) is 0 Å². The van der Waals surface area contributed by atoms with Gasteiger partial charge in [-0.3, -0.25) is 4.99 Å². The number of hydrogen-bond acceptors (Lipinski definition) is 1. The summed E-state index contributed by atoms with van der Waals surface area (Å²) in [5, 5.41) is 0. The van der Waals surface area contributed by atoms with Crippen LogP contribution in [0.3, 0.4) is 0 Å². The molecule has 0 atom stereocenters. The molecule has 0 bridgehead atoms. The van der Waals surface area contributed by atoms with Crippen LogP contribution in [0.25, 0.3) is 5.70 Å². The van der Waals surface area contributed by atoms with Crippen LogP contribution in [0.5, 0.6) is 0 Å². The molecule has 0 radical (unpaired) electrons. The summed E-state index contributed by atoms with van der Waals surface area (Å²) in [4.78, 5) is 3.98. The molecule has 0 unspecified atom stereocenters. The van der Waals surface area contributed by atoms with Crippen molar-refractivity contribution in [3.8, 4) is 0 Å². The molecule has 1 aromatic carbocycles. The van der Waals surface area contributed by atoms with Crippen molar-refractivity contribution >= 4 is 11.9 Å². The molecule has 0 saturated carbocycles. The van der Waals surface area contributed by atoms with Crippen LogP contribution in [-0.2, 0) is 5.92 Å². The van der Waals surface area contributed by atoms with Gasteiger partial charge in [-0.25, -0.2) is 8.78 Å². The molecule has 0 saturated heterocycles. The minimum Gasteiger partial charge on any atom is -0.262 e. The van der Waals surface area contributed by atoms with E-state index in [1.165, 1.54) is 12.1 Å². The van der Waals surface area contributed by atoms with Crippen molar-refractivity contribution in [2.75, 3.05) is 0 Å². The van der Waals surface area contributed by atoms with E-state index in [2.05, 4.69) is 11.6 Å². The minimum atomic E-state index is -2.80. The fraction of sp³-hybridized carbons (Fsp3) is 0.250. The second-order valence-corrected chi connectivity index (χ2v) is 3.30. The lowest BCUT2D eigenvalue weighted by Gasteiger charge is -2.10. The van der Waals surface area contributed by atoms with Crippen molar-refractivity contribution in [3.05, 3.63) is 42.0 Å². The van der Waals surface area contributed by atoms with Gasteiger partial charge in [0.15, 0.2) is 0 Å². The molecule has 0 fully saturated rings. The van der Waals surface area contributed by atoms with Crippen molar-refractivity contribution in [2.24, 2.45) is 4.99 Å². The van der Waals surface area contributed by atoms with E-state index in [4.69, 9.17) is 0 Å². The molecule has 0 aliphatic heterocycles. The fourth-order valence-corrected chi connectivity index (χ4v) is 1.19. The van der Waals surface area contributed by atoms with E-state index >= 15 is 0 Å². The van der Waals surface area contributed by atoms with E-state index in [1.54, 1.807) is 25.3 Å². The quantitative estimate of drug-likeness (QED) is 0.670. The van der Waals surface area contributed by atoms with Gasteiger partial charge in [-0.2, -0.15) is 0 Å². The summed E-state index contributed by atoms with van der Waals surface area (Å²) in [6, 6.07) is 5.99. The first-order chi connectivity index (χ1) is 6.95. The van der Waals surface area contributed by atoms with Crippen LogP contribution >= 0.6 is 0 Å². The van der Waals surface area contributed by atoms with Gasteiger partial charge in [-0.15, -0.1) is 0 Å². The second kappa shape index (κ2) is 4.34. The van der Waals surface area contributed by atoms with E-state index < -0.39 is 5.92 Å². The average Bonchev–Trinajstić information content (AvgIpc) is 2.17. The minimum absolute atomic E-state index is 0.000437. The van der Waals surface area contributed by atoms with E-state index in [1.807, 2.05) is 0 Å². The maximum Gasteiger partial charge on any atom is 0.270 e. The molecular formula is C12H13F2N. The van der Waals surface area contributed by atoms with Gasteiger partial charge in [0.05, 0.1) is 5.70 Å². The van der Waals surface area contributed by atoms with E-state index in [0.717, 1.165) is 12.5 Å². The van der Waals surface area contributed by atoms with Gasteiger partial charge in [0.25, 0.3) is 5.92 Å². The maximum absolute atomic E-state index is 12.9. The number of alkyl halides is 2. The van der Waals surface area contributed by atoms with Crippen LogP contribution in [0.4, 0.5) is 8.78 Å². The number of rotatable bonds is 3. The average molecular weight is 209 g/mol. The maximum atomic E-state index is 12.9. The predicted molar refractivity (Wildman–Crippen MR) is 59.2 cm³/mol. The number of aliphatic imine (C=N–C) groups is 1. The zero-order valence-corrected chi connectivity index (χ0v) is 8.80. The molecular weight excluding hydrogens is 196 g/mol. The van der Waals surface area contributed by atoms with Crippen LogP contribution in [0.15, 0.2) is 35.8 Å². The number of hydrogen-bond donors (Lipinski definition) is 0. The Hall–Kier alpha value is -1.51. The smallest absolute Gasteiger partial charge is 0.262 e. The number of nitrogens with zero attached hydrogens (tertiary/aromatic N) is 1. The van der Waals surface area contributed by atoms with E-state index in [0.29, 0.717) is 5.70 Å². The van der Waals surface area contributed by atoms with Crippen molar-refractivity contribution < 1.29 is 8.78 Å². The van der Waals surface area contributed by atoms with Gasteiger partial charge < -0.3 is 0 Å². The lowest BCUT2D eigenvalue weighted by atomic mass is 10.1. The van der Waals surface area contributed by atoms with Crippen molar-refractivity contribution in [1.29, 1.82) is 0 Å². The highest BCUT2D eigenvalue weighted by atomic mass is 19.3. The lowest BCUT2D eigenvalue weighted by molar-refractivity contribution is 0.0175. The molecule has 15 heavy (non-hydrogen) atoms. The molecule has 1 nitrogen and oxygen atoms in total. The van der Waals surface area contributed by atoms with Crippen LogP contribution in [-0.4, -0.2) is 6.21 Å². The van der Waals surface area contributed by atoms with Gasteiger partial charge in [0.2, 0.25) is 0 Å². The van der Waals surface area contributed by atoms with Gasteiger partial charge in [-0.05, 0) is 12.5 Å². The van der Waals surface area contributed by atoms with Crippen molar-refractivity contribution in [3.63, 3.8) is 0 Å². The highest BCUT2D eigenvalue weighted by Gasteiger charge is 2.23. The number of benzene rings is 1. The normalized spacial score (nSPS) is 12.0. The predicted octanol–water partition coefficient (Wildman–Crippen LogP) is 3.86. The zero-order chi connectivity index (χ0) is 11.5. The summed E-state index contributed by atoms with van der Waals surface area (Å²) in [6.07, 6.45) is 1.62. The molecule has 0 aromatic heterocycles. The Balaban J connectivity index is 2.95. The van der Waals surface area contributed by atoms with Gasteiger partial charge >= 0.3 is 0 Å². The molecule has 1 aromatic rings. The summed E-state index contributed by atoms with van der Waals surface area (Å²) in [7, 11) is 0. The SMILES string of the molecule is C=C(/N=C\C)c1ccc(C(C)(F)F)cc1. The van der Waals surface area contributed by atoms with E-state index in [-0.39, 0.29) is 5.56 Å². The first kappa shape index (κ1) is 11.6. The fourth-order valence-electron chi connectivity index (χ4n) is 1.19. The highest BCUT2D eigenvalue weighted by molar-refractivity contribution is 5.71. The molecule has 0 spiro atoms. The molecule has 0 N–H and O–H groups in total. The van der Waals surface area contributed by atoms with E-state index in [9.17, 15) is 8.78 Å². The molecule has 0 aliphatic carbocycles. The third kappa shape index (κ3) is 2.98. The van der Waals surface area contributed by atoms with Crippen LogP contribution in [0, 0.1) is 0 Å². The Morgan fingerprint density at radius 2 is 1.87 bits per heavy atom. The topological polar surface area (TPSA) is 12.4 Å². The Morgan fingerprint density at radius 1 is 1.33 bits per heavy atom. The summed E-state index contributed by atoms with van der Waals surface area (Å²) >= 11 is 0. The summed E-state index contributed by atoms with van der Waals surface area (Å²) in [5.74, 6) is -2.80. The summed E-state index contributed by atoms with van der Waals surface area (Å²) in [6.45, 7) is 6.37. The van der Waals surface area contributed by atoms with Crippen LogP contribution < -0.4 is 0 Å². The Kier molecular flexibility index (Phi) is 3.35. The second-order valence-electron chi connectivity index (χ2n) is 3.30. The third-order valence-electron chi connectivity index (χ3n) is 2.01. The van der Waals surface area contributed by atoms with Crippen LogP contribution in [0.1, 0.15) is 25.0 Å². The Bertz CT molecular complexity index is 372. The first-order valence-corrected chi connectivity index (χ1v) is 4.61. The monoisotopic (exact) mass is 209 g/mol. The molecule has 1 rings (SSSR count). The van der Waals surface area contributed by atoms with Crippen molar-refractivity contribution in [2.45, 2.75) is 19.8 Å². The van der Waals surface area contributed by atoms with Gasteiger partial charge in [-0.1, -0.05) is 30.8 Å². The summed E-state index contributed by atoms with van der Waals surface area (Å²) < 4.78 is 25.8. The third-order valence-corrected chi connectivity index (χ3v) is 2.01. The zero-order valence-electron chi connectivity index (χ0n) is 8.80. The highest BCUT2D eigenvalue weighted by Crippen LogP contribution is 2.27. The Morgan fingerprint density at radius 3 is 2.27 bits per heavy atom. The Labute approximate surface area is 88.2 Å². The standard InChI is InChI=1S/C12H13F2N/c1-4-15-9(2)10-5-7-11(8-6-10)12(3,13)14/h4-8H,2H2,1,3H3/b15-4-.